The van der Waals surface area contributed by atoms with Crippen LogP contribution in [-0.2, 0) is 9.31 Å². The van der Waals surface area contributed by atoms with Crippen LogP contribution in [0.3, 0.4) is 0 Å². The summed E-state index contributed by atoms with van der Waals surface area (Å²) in [6.07, 6.45) is -1.21. The van der Waals surface area contributed by atoms with E-state index >= 15 is 0 Å². The number of rotatable bonds is 6. The molecule has 144 valence electrons. The SMILES string of the molecule is CCCCC1COB(c2ccc(-c3ccc(OC(F)(F)F)cc3)cc2)OC1. The first kappa shape index (κ1) is 19.8. The van der Waals surface area contributed by atoms with Gasteiger partial charge < -0.3 is 14.0 Å². The molecular weight excluding hydrogens is 356 g/mol. The van der Waals surface area contributed by atoms with E-state index < -0.39 is 6.36 Å². The Bertz CT molecular complexity index is 709. The predicted molar refractivity (Wildman–Crippen MR) is 98.9 cm³/mol. The standard InChI is InChI=1S/C20H22BF3O3/c1-2-3-4-15-13-25-21(26-14-15)18-9-5-16(6-10-18)17-7-11-19(12-8-17)27-20(22,23)24/h5-12,15H,2-4,13-14H2,1H3. The van der Waals surface area contributed by atoms with Crippen LogP contribution in [0.5, 0.6) is 5.75 Å². The van der Waals surface area contributed by atoms with Crippen molar-refractivity contribution in [2.45, 2.75) is 32.5 Å². The molecule has 0 aliphatic carbocycles. The van der Waals surface area contributed by atoms with Crippen LogP contribution in [-0.4, -0.2) is 26.7 Å². The van der Waals surface area contributed by atoms with Gasteiger partial charge in [-0.25, -0.2) is 0 Å². The van der Waals surface area contributed by atoms with Crippen LogP contribution < -0.4 is 10.2 Å². The quantitative estimate of drug-likeness (QED) is 0.676. The van der Waals surface area contributed by atoms with E-state index in [1.54, 1.807) is 12.1 Å². The number of ether oxygens (including phenoxy) is 1. The van der Waals surface area contributed by atoms with Crippen molar-refractivity contribution < 1.29 is 27.2 Å². The molecule has 1 saturated heterocycles. The Hall–Kier alpha value is -1.99. The Morgan fingerprint density at radius 2 is 1.52 bits per heavy atom. The third-order valence-electron chi connectivity index (χ3n) is 4.54. The second kappa shape index (κ2) is 8.80. The summed E-state index contributed by atoms with van der Waals surface area (Å²) >= 11 is 0. The van der Waals surface area contributed by atoms with Gasteiger partial charge in [0.1, 0.15) is 5.75 Å². The first-order valence-corrected chi connectivity index (χ1v) is 9.14. The first-order chi connectivity index (χ1) is 12.9. The van der Waals surface area contributed by atoms with E-state index in [0.29, 0.717) is 19.1 Å². The summed E-state index contributed by atoms with van der Waals surface area (Å²) in [5.74, 6) is 0.224. The largest absolute Gasteiger partial charge is 0.573 e. The van der Waals surface area contributed by atoms with Crippen LogP contribution in [0.15, 0.2) is 48.5 Å². The summed E-state index contributed by atoms with van der Waals surface area (Å²) in [7, 11) is -0.362. The highest BCUT2D eigenvalue weighted by molar-refractivity contribution is 6.61. The molecule has 1 heterocycles. The lowest BCUT2D eigenvalue weighted by Gasteiger charge is -2.27. The van der Waals surface area contributed by atoms with Crippen molar-refractivity contribution in [3.8, 4) is 16.9 Å². The zero-order valence-electron chi connectivity index (χ0n) is 15.2. The third kappa shape index (κ3) is 5.74. The maximum Gasteiger partial charge on any atom is 0.573 e. The number of alkyl halides is 3. The maximum atomic E-state index is 12.2. The van der Waals surface area contributed by atoms with Gasteiger partial charge in [-0.3, -0.25) is 0 Å². The predicted octanol–water partition coefficient (Wildman–Crippen LogP) is 4.80. The van der Waals surface area contributed by atoms with Crippen molar-refractivity contribution in [2.75, 3.05) is 13.2 Å². The molecule has 0 spiro atoms. The molecule has 3 nitrogen and oxygen atoms in total. The Morgan fingerprint density at radius 3 is 2.04 bits per heavy atom. The van der Waals surface area contributed by atoms with Gasteiger partial charge in [0.15, 0.2) is 0 Å². The minimum Gasteiger partial charge on any atom is -0.407 e. The molecule has 0 N–H and O–H groups in total. The van der Waals surface area contributed by atoms with Crippen molar-refractivity contribution in [1.29, 1.82) is 0 Å². The molecule has 7 heteroatoms. The molecule has 3 rings (SSSR count). The Morgan fingerprint density at radius 1 is 0.963 bits per heavy atom. The van der Waals surface area contributed by atoms with Crippen LogP contribution in [0.4, 0.5) is 13.2 Å². The topological polar surface area (TPSA) is 27.7 Å². The number of hydrogen-bond acceptors (Lipinski definition) is 3. The molecule has 0 aromatic heterocycles. The van der Waals surface area contributed by atoms with E-state index in [1.807, 2.05) is 24.3 Å². The molecule has 27 heavy (non-hydrogen) atoms. The lowest BCUT2D eigenvalue weighted by molar-refractivity contribution is -0.274. The molecule has 0 unspecified atom stereocenters. The molecule has 1 fully saturated rings. The van der Waals surface area contributed by atoms with E-state index in [-0.39, 0.29) is 12.9 Å². The van der Waals surface area contributed by atoms with E-state index in [9.17, 15) is 13.2 Å². The van der Waals surface area contributed by atoms with Gasteiger partial charge in [-0.15, -0.1) is 13.2 Å². The third-order valence-corrected chi connectivity index (χ3v) is 4.54. The maximum absolute atomic E-state index is 12.2. The molecule has 0 bridgehead atoms. The summed E-state index contributed by atoms with van der Waals surface area (Å²) in [5.41, 5.74) is 2.64. The lowest BCUT2D eigenvalue weighted by atomic mass is 9.76. The van der Waals surface area contributed by atoms with Gasteiger partial charge in [0, 0.05) is 19.1 Å². The molecule has 1 aliphatic heterocycles. The van der Waals surface area contributed by atoms with E-state index in [4.69, 9.17) is 9.31 Å². The smallest absolute Gasteiger partial charge is 0.407 e. The first-order valence-electron chi connectivity index (χ1n) is 9.14. The van der Waals surface area contributed by atoms with E-state index in [2.05, 4.69) is 11.7 Å². The number of unbranched alkanes of at least 4 members (excludes halogenated alkanes) is 1. The highest BCUT2D eigenvalue weighted by atomic mass is 19.4. The average molecular weight is 378 g/mol. The Balaban J connectivity index is 1.59. The second-order valence-electron chi connectivity index (χ2n) is 6.70. The number of halogens is 3. The van der Waals surface area contributed by atoms with Gasteiger partial charge >= 0.3 is 13.5 Å². The molecule has 0 saturated carbocycles. The molecule has 0 radical (unpaired) electrons. The van der Waals surface area contributed by atoms with Crippen molar-refractivity contribution in [2.24, 2.45) is 5.92 Å². The lowest BCUT2D eigenvalue weighted by Crippen LogP contribution is -2.44. The molecular formula is C20H22BF3O3. The van der Waals surface area contributed by atoms with Crippen LogP contribution >= 0.6 is 0 Å². The molecule has 0 atom stereocenters. The fourth-order valence-electron chi connectivity index (χ4n) is 3.08. The average Bonchev–Trinajstić information content (AvgIpc) is 2.66. The summed E-state index contributed by atoms with van der Waals surface area (Å²) in [6.45, 7) is 3.58. The monoisotopic (exact) mass is 378 g/mol. The second-order valence-corrected chi connectivity index (χ2v) is 6.70. The van der Waals surface area contributed by atoms with Crippen molar-refractivity contribution in [1.82, 2.24) is 0 Å². The van der Waals surface area contributed by atoms with Gasteiger partial charge in [0.25, 0.3) is 0 Å². The normalized spacial score (nSPS) is 15.8. The summed E-state index contributed by atoms with van der Waals surface area (Å²) < 4.78 is 52.2. The minimum absolute atomic E-state index is 0.232. The van der Waals surface area contributed by atoms with Gasteiger partial charge in [-0.05, 0) is 35.1 Å². The van der Waals surface area contributed by atoms with Crippen molar-refractivity contribution in [3.63, 3.8) is 0 Å². The zero-order valence-corrected chi connectivity index (χ0v) is 15.2. The van der Waals surface area contributed by atoms with Crippen LogP contribution in [0.25, 0.3) is 11.1 Å². The molecule has 2 aromatic rings. The van der Waals surface area contributed by atoms with Gasteiger partial charge in [-0.2, -0.15) is 0 Å². The molecule has 0 amide bonds. The molecule has 1 aliphatic rings. The summed E-state index contributed by atoms with van der Waals surface area (Å²) in [4.78, 5) is 0. The van der Waals surface area contributed by atoms with Crippen molar-refractivity contribution >= 4 is 12.6 Å². The summed E-state index contributed by atoms with van der Waals surface area (Å²) in [5, 5.41) is 0. The summed E-state index contributed by atoms with van der Waals surface area (Å²) in [6, 6.07) is 13.5. The Kier molecular flexibility index (Phi) is 6.44. The number of hydrogen-bond donors (Lipinski definition) is 0. The van der Waals surface area contributed by atoms with Gasteiger partial charge in [0.05, 0.1) is 0 Å². The fourth-order valence-corrected chi connectivity index (χ4v) is 3.08. The zero-order chi connectivity index (χ0) is 19.3. The van der Waals surface area contributed by atoms with Gasteiger partial charge in [0.2, 0.25) is 0 Å². The van der Waals surface area contributed by atoms with Crippen LogP contribution in [0.1, 0.15) is 26.2 Å². The number of benzene rings is 2. The van der Waals surface area contributed by atoms with Crippen LogP contribution in [0, 0.1) is 5.92 Å². The van der Waals surface area contributed by atoms with E-state index in [1.165, 1.54) is 25.0 Å². The molecule has 2 aromatic carbocycles. The fraction of sp³-hybridized carbons (Fsp3) is 0.400. The highest BCUT2D eigenvalue weighted by Gasteiger charge is 2.31. The van der Waals surface area contributed by atoms with E-state index in [0.717, 1.165) is 23.0 Å². The highest BCUT2D eigenvalue weighted by Crippen LogP contribution is 2.26. The Labute approximate surface area is 157 Å². The van der Waals surface area contributed by atoms with Gasteiger partial charge in [-0.1, -0.05) is 56.2 Å². The van der Waals surface area contributed by atoms with Crippen molar-refractivity contribution in [3.05, 3.63) is 48.5 Å². The minimum atomic E-state index is -4.68. The van der Waals surface area contributed by atoms with Crippen LogP contribution in [0.2, 0.25) is 0 Å².